The third kappa shape index (κ3) is 3.18. The molecule has 0 aromatic carbocycles. The van der Waals surface area contributed by atoms with Gasteiger partial charge in [-0.25, -0.2) is 0 Å². The Morgan fingerprint density at radius 2 is 2.21 bits per heavy atom. The second-order valence-electron chi connectivity index (χ2n) is 5.90. The molecule has 3 atom stereocenters. The molecule has 0 spiro atoms. The Balaban J connectivity index is 1.64. The molecule has 1 aromatic rings. The Hall–Kier alpha value is -0.870. The molecular weight excluding hydrogens is 258 g/mol. The molecule has 2 aliphatic rings. The van der Waals surface area contributed by atoms with E-state index in [2.05, 4.69) is 22.8 Å². The highest BCUT2D eigenvalue weighted by Gasteiger charge is 2.36. The molecule has 1 heterocycles. The molecule has 3 unspecified atom stereocenters. The highest BCUT2D eigenvalue weighted by molar-refractivity contribution is 7.10. The van der Waals surface area contributed by atoms with E-state index in [1.165, 1.54) is 17.7 Å². The smallest absolute Gasteiger partial charge is 0.306 e. The van der Waals surface area contributed by atoms with Crippen LogP contribution in [0.25, 0.3) is 0 Å². The van der Waals surface area contributed by atoms with Crippen molar-refractivity contribution >= 4 is 17.3 Å². The van der Waals surface area contributed by atoms with Gasteiger partial charge in [-0.15, -0.1) is 11.3 Å². The first-order valence-corrected chi connectivity index (χ1v) is 8.14. The lowest BCUT2D eigenvalue weighted by Gasteiger charge is -2.31. The van der Waals surface area contributed by atoms with Crippen LogP contribution < -0.4 is 5.32 Å². The van der Waals surface area contributed by atoms with E-state index in [1.807, 2.05) is 11.3 Å². The van der Waals surface area contributed by atoms with Gasteiger partial charge < -0.3 is 10.4 Å². The van der Waals surface area contributed by atoms with Crippen molar-refractivity contribution in [1.29, 1.82) is 0 Å². The van der Waals surface area contributed by atoms with Crippen LogP contribution in [-0.4, -0.2) is 17.1 Å². The Labute approximate surface area is 118 Å². The Morgan fingerprint density at radius 3 is 2.84 bits per heavy atom. The van der Waals surface area contributed by atoms with Crippen LogP contribution in [0.1, 0.15) is 49.4 Å². The molecule has 2 saturated carbocycles. The molecule has 104 valence electrons. The van der Waals surface area contributed by atoms with Gasteiger partial charge in [0.15, 0.2) is 0 Å². The summed E-state index contributed by atoms with van der Waals surface area (Å²) < 4.78 is 0. The second kappa shape index (κ2) is 5.63. The van der Waals surface area contributed by atoms with Crippen LogP contribution >= 0.6 is 11.3 Å². The lowest BCUT2D eigenvalue weighted by molar-refractivity contribution is -0.143. The van der Waals surface area contributed by atoms with E-state index in [0.29, 0.717) is 12.1 Å². The van der Waals surface area contributed by atoms with E-state index in [-0.39, 0.29) is 5.92 Å². The minimum Gasteiger partial charge on any atom is -0.481 e. The molecule has 2 fully saturated rings. The average molecular weight is 279 g/mol. The Bertz CT molecular complexity index is 427. The predicted molar refractivity (Wildman–Crippen MR) is 76.3 cm³/mol. The number of hydrogen-bond donors (Lipinski definition) is 2. The first kappa shape index (κ1) is 13.1. The quantitative estimate of drug-likeness (QED) is 0.868. The van der Waals surface area contributed by atoms with Crippen LogP contribution in [0.4, 0.5) is 0 Å². The minimum atomic E-state index is -0.620. The fraction of sp³-hybridized carbons (Fsp3) is 0.667. The highest BCUT2D eigenvalue weighted by Crippen LogP contribution is 2.43. The lowest BCUT2D eigenvalue weighted by Crippen LogP contribution is -2.39. The lowest BCUT2D eigenvalue weighted by atomic mass is 9.85. The molecule has 0 amide bonds. The third-order valence-corrected chi connectivity index (χ3v) is 5.34. The number of carboxylic acid groups (broad SMARTS) is 1. The van der Waals surface area contributed by atoms with E-state index in [9.17, 15) is 4.79 Å². The third-order valence-electron chi connectivity index (χ3n) is 4.38. The fourth-order valence-electron chi connectivity index (χ4n) is 3.17. The summed E-state index contributed by atoms with van der Waals surface area (Å²) in [6, 6.07) is 5.15. The van der Waals surface area contributed by atoms with Crippen molar-refractivity contribution in [2.45, 2.75) is 50.6 Å². The molecule has 19 heavy (non-hydrogen) atoms. The highest BCUT2D eigenvalue weighted by atomic mass is 32.1. The second-order valence-corrected chi connectivity index (χ2v) is 6.88. The summed E-state index contributed by atoms with van der Waals surface area (Å²) in [6.45, 7) is 0. The summed E-state index contributed by atoms with van der Waals surface area (Å²) in [7, 11) is 0. The van der Waals surface area contributed by atoms with Crippen molar-refractivity contribution in [2.24, 2.45) is 11.8 Å². The summed E-state index contributed by atoms with van der Waals surface area (Å²) in [5.41, 5.74) is 0. The van der Waals surface area contributed by atoms with Crippen LogP contribution in [-0.2, 0) is 4.79 Å². The topological polar surface area (TPSA) is 49.3 Å². The van der Waals surface area contributed by atoms with Crippen molar-refractivity contribution in [3.05, 3.63) is 22.4 Å². The number of nitrogens with one attached hydrogen (secondary N) is 1. The van der Waals surface area contributed by atoms with Gasteiger partial charge in [0.25, 0.3) is 0 Å². The molecule has 0 saturated heterocycles. The normalized spacial score (nSPS) is 29.1. The van der Waals surface area contributed by atoms with E-state index >= 15 is 0 Å². The van der Waals surface area contributed by atoms with Crippen molar-refractivity contribution in [1.82, 2.24) is 5.32 Å². The van der Waals surface area contributed by atoms with Gasteiger partial charge in [-0.1, -0.05) is 12.5 Å². The zero-order valence-corrected chi connectivity index (χ0v) is 11.9. The van der Waals surface area contributed by atoms with Crippen molar-refractivity contribution in [3.8, 4) is 0 Å². The molecular formula is C15H21NO2S. The molecule has 1 aromatic heterocycles. The van der Waals surface area contributed by atoms with Crippen LogP contribution in [0.5, 0.6) is 0 Å². The Kier molecular flexibility index (Phi) is 3.89. The molecule has 0 aliphatic heterocycles. The maximum atomic E-state index is 11.1. The summed E-state index contributed by atoms with van der Waals surface area (Å²) in [6.07, 6.45) is 6.43. The molecule has 2 aliphatic carbocycles. The maximum Gasteiger partial charge on any atom is 0.306 e. The summed E-state index contributed by atoms with van der Waals surface area (Å²) >= 11 is 1.82. The van der Waals surface area contributed by atoms with E-state index in [4.69, 9.17) is 5.11 Å². The zero-order valence-electron chi connectivity index (χ0n) is 11.0. The van der Waals surface area contributed by atoms with Gasteiger partial charge in [-0.2, -0.15) is 0 Å². The molecule has 3 nitrogen and oxygen atoms in total. The number of thiophene rings is 1. The number of aliphatic carboxylic acids is 1. The van der Waals surface area contributed by atoms with Crippen LogP contribution in [0.2, 0.25) is 0 Å². The zero-order chi connectivity index (χ0) is 13.2. The molecule has 0 radical (unpaired) electrons. The Morgan fingerprint density at radius 1 is 1.37 bits per heavy atom. The van der Waals surface area contributed by atoms with Gasteiger partial charge in [-0.3, -0.25) is 4.79 Å². The van der Waals surface area contributed by atoms with Gasteiger partial charge in [-0.05, 0) is 49.5 Å². The first-order chi connectivity index (χ1) is 9.24. The van der Waals surface area contributed by atoms with E-state index in [1.54, 1.807) is 0 Å². The van der Waals surface area contributed by atoms with E-state index < -0.39 is 5.97 Å². The summed E-state index contributed by atoms with van der Waals surface area (Å²) in [4.78, 5) is 12.6. The largest absolute Gasteiger partial charge is 0.481 e. The average Bonchev–Trinajstić information content (AvgIpc) is 3.11. The number of hydrogen-bond acceptors (Lipinski definition) is 3. The molecule has 0 bridgehead atoms. The minimum absolute atomic E-state index is 0.144. The van der Waals surface area contributed by atoms with Crippen LogP contribution in [0, 0.1) is 11.8 Å². The van der Waals surface area contributed by atoms with Crippen molar-refractivity contribution in [2.75, 3.05) is 0 Å². The SMILES string of the molecule is O=C(O)C1CCCC(NC(c2cccs2)C2CC2)C1. The van der Waals surface area contributed by atoms with Gasteiger partial charge in [0.2, 0.25) is 0 Å². The molecule has 2 N–H and O–H groups in total. The monoisotopic (exact) mass is 279 g/mol. The van der Waals surface area contributed by atoms with Gasteiger partial charge in [0.1, 0.15) is 0 Å². The van der Waals surface area contributed by atoms with Gasteiger partial charge >= 0.3 is 5.97 Å². The number of rotatable bonds is 5. The maximum absolute atomic E-state index is 11.1. The standard InChI is InChI=1S/C15H21NO2S/c17-15(18)11-3-1-4-12(9-11)16-14(10-6-7-10)13-5-2-8-19-13/h2,5,8,10-12,14,16H,1,3-4,6-7,9H2,(H,17,18). The van der Waals surface area contributed by atoms with Crippen molar-refractivity contribution < 1.29 is 9.90 Å². The summed E-state index contributed by atoms with van der Waals surface area (Å²) in [5.74, 6) is 0.00360. The fourth-order valence-corrected chi connectivity index (χ4v) is 4.05. The molecule has 4 heteroatoms. The van der Waals surface area contributed by atoms with Gasteiger partial charge in [0, 0.05) is 17.0 Å². The number of carbonyl (C=O) groups is 1. The number of carboxylic acids is 1. The van der Waals surface area contributed by atoms with Crippen molar-refractivity contribution in [3.63, 3.8) is 0 Å². The van der Waals surface area contributed by atoms with Crippen LogP contribution in [0.3, 0.4) is 0 Å². The van der Waals surface area contributed by atoms with Crippen LogP contribution in [0.15, 0.2) is 17.5 Å². The predicted octanol–water partition coefficient (Wildman–Crippen LogP) is 3.43. The van der Waals surface area contributed by atoms with E-state index in [0.717, 1.165) is 31.6 Å². The van der Waals surface area contributed by atoms with Gasteiger partial charge in [0.05, 0.1) is 5.92 Å². The summed E-state index contributed by atoms with van der Waals surface area (Å²) in [5, 5.41) is 15.1. The first-order valence-electron chi connectivity index (χ1n) is 7.26. The molecule has 3 rings (SSSR count).